The van der Waals surface area contributed by atoms with Gasteiger partial charge in [0.05, 0.1) is 6.04 Å². The van der Waals surface area contributed by atoms with Gasteiger partial charge >= 0.3 is 0 Å². The third-order valence-corrected chi connectivity index (χ3v) is 2.05. The fourth-order valence-electron chi connectivity index (χ4n) is 1.22. The molecule has 1 aliphatic rings. The van der Waals surface area contributed by atoms with E-state index in [1.165, 1.54) is 0 Å². The third kappa shape index (κ3) is 2.38. The Hall–Kier alpha value is -0.220. The highest BCUT2D eigenvalue weighted by molar-refractivity contribution is 4.82. The van der Waals surface area contributed by atoms with Crippen LogP contribution in [-0.4, -0.2) is 25.1 Å². The Kier molecular flexibility index (Phi) is 2.78. The largest absolute Gasteiger partial charge is 0.323 e. The summed E-state index contributed by atoms with van der Waals surface area (Å²) in [6.45, 7) is 1.18. The summed E-state index contributed by atoms with van der Waals surface area (Å²) in [6.07, 6.45) is 1.03. The monoisotopic (exact) mass is 164 g/mol. The van der Waals surface area contributed by atoms with Crippen molar-refractivity contribution in [1.29, 1.82) is 0 Å². The maximum atomic E-state index is 12.9. The molecular formula is C7H14F2N2. The fourth-order valence-corrected chi connectivity index (χ4v) is 1.22. The summed E-state index contributed by atoms with van der Waals surface area (Å²) in [4.78, 5) is 0. The second kappa shape index (κ2) is 3.45. The lowest BCUT2D eigenvalue weighted by Gasteiger charge is -2.26. The Balaban J connectivity index is 2.47. The Morgan fingerprint density at radius 1 is 1.36 bits per heavy atom. The number of nitrogens with one attached hydrogen (secondary N) is 1. The predicted molar refractivity (Wildman–Crippen MR) is 39.6 cm³/mol. The van der Waals surface area contributed by atoms with Gasteiger partial charge in [0.1, 0.15) is 0 Å². The molecule has 4 heteroatoms. The molecule has 0 aromatic heterocycles. The average molecular weight is 164 g/mol. The maximum absolute atomic E-state index is 12.9. The summed E-state index contributed by atoms with van der Waals surface area (Å²) in [5.74, 6) is -2.67. The maximum Gasteiger partial charge on any atom is 0.264 e. The van der Waals surface area contributed by atoms with Gasteiger partial charge in [-0.15, -0.1) is 0 Å². The zero-order valence-electron chi connectivity index (χ0n) is 6.45. The number of rotatable bonds is 0. The minimum atomic E-state index is -2.67. The molecular weight excluding hydrogens is 150 g/mol. The third-order valence-electron chi connectivity index (χ3n) is 2.05. The molecule has 1 heterocycles. The fraction of sp³-hybridized carbons (Fsp3) is 1.00. The summed E-state index contributed by atoms with van der Waals surface area (Å²) in [5.41, 5.74) is 5.30. The average Bonchev–Trinajstić information content (AvgIpc) is 1.93. The second-order valence-corrected chi connectivity index (χ2v) is 3.01. The van der Waals surface area contributed by atoms with Crippen LogP contribution in [0.4, 0.5) is 8.78 Å². The Bertz CT molecular complexity index is 128. The van der Waals surface area contributed by atoms with Crippen LogP contribution in [0.5, 0.6) is 0 Å². The van der Waals surface area contributed by atoms with Crippen LogP contribution in [0.3, 0.4) is 0 Å². The number of halogens is 2. The quantitative estimate of drug-likeness (QED) is 0.553. The Morgan fingerprint density at radius 2 is 2.09 bits per heavy atom. The molecule has 0 aromatic carbocycles. The molecule has 1 rings (SSSR count). The van der Waals surface area contributed by atoms with E-state index in [-0.39, 0.29) is 6.42 Å². The van der Waals surface area contributed by atoms with E-state index in [1.54, 1.807) is 0 Å². The molecule has 1 saturated heterocycles. The standard InChI is InChI=1S/C7H14F2N2/c8-7(9)3-5-11-4-1-2-6(7)10/h6,11H,1-5,10H2. The van der Waals surface area contributed by atoms with Gasteiger partial charge in [0, 0.05) is 13.0 Å². The molecule has 0 radical (unpaired) electrons. The van der Waals surface area contributed by atoms with Crippen molar-refractivity contribution >= 4 is 0 Å². The predicted octanol–water partition coefficient (Wildman–Crippen LogP) is 0.722. The summed E-state index contributed by atoms with van der Waals surface area (Å²) in [6, 6.07) is -0.940. The van der Waals surface area contributed by atoms with E-state index >= 15 is 0 Å². The number of hydrogen-bond acceptors (Lipinski definition) is 2. The molecule has 1 atom stereocenters. The molecule has 0 amide bonds. The Labute approximate surface area is 65.1 Å². The number of alkyl halides is 2. The van der Waals surface area contributed by atoms with Crippen LogP contribution in [-0.2, 0) is 0 Å². The van der Waals surface area contributed by atoms with Gasteiger partial charge in [-0.1, -0.05) is 0 Å². The van der Waals surface area contributed by atoms with E-state index in [9.17, 15) is 8.78 Å². The van der Waals surface area contributed by atoms with Crippen molar-refractivity contribution in [2.75, 3.05) is 13.1 Å². The lowest BCUT2D eigenvalue weighted by molar-refractivity contribution is -0.0381. The second-order valence-electron chi connectivity index (χ2n) is 3.01. The van der Waals surface area contributed by atoms with Crippen LogP contribution >= 0.6 is 0 Å². The first-order valence-electron chi connectivity index (χ1n) is 3.97. The first-order chi connectivity index (χ1) is 5.13. The van der Waals surface area contributed by atoms with E-state index in [4.69, 9.17) is 5.73 Å². The SMILES string of the molecule is NC1CCCNCCC1(F)F. The van der Waals surface area contributed by atoms with Gasteiger partial charge in [0.2, 0.25) is 0 Å². The summed E-state index contributed by atoms with van der Waals surface area (Å²) < 4.78 is 25.7. The van der Waals surface area contributed by atoms with E-state index in [0.29, 0.717) is 13.0 Å². The molecule has 1 unspecified atom stereocenters. The van der Waals surface area contributed by atoms with Gasteiger partial charge < -0.3 is 11.1 Å². The first kappa shape index (κ1) is 8.87. The van der Waals surface area contributed by atoms with Crippen molar-refractivity contribution in [3.63, 3.8) is 0 Å². The smallest absolute Gasteiger partial charge is 0.264 e. The molecule has 3 N–H and O–H groups in total. The molecule has 1 aliphatic heterocycles. The van der Waals surface area contributed by atoms with Gasteiger partial charge in [0.25, 0.3) is 5.92 Å². The molecule has 0 spiro atoms. The summed E-state index contributed by atoms with van der Waals surface area (Å²) in [7, 11) is 0. The van der Waals surface area contributed by atoms with Crippen LogP contribution in [0.1, 0.15) is 19.3 Å². The molecule has 0 bridgehead atoms. The Morgan fingerprint density at radius 3 is 2.82 bits per heavy atom. The van der Waals surface area contributed by atoms with E-state index in [1.807, 2.05) is 0 Å². The zero-order chi connectivity index (χ0) is 8.32. The lowest BCUT2D eigenvalue weighted by Crippen LogP contribution is -2.45. The van der Waals surface area contributed by atoms with Crippen LogP contribution in [0.15, 0.2) is 0 Å². The lowest BCUT2D eigenvalue weighted by atomic mass is 10.0. The summed E-state index contributed by atoms with van der Waals surface area (Å²) >= 11 is 0. The van der Waals surface area contributed by atoms with Crippen molar-refractivity contribution in [2.24, 2.45) is 5.73 Å². The van der Waals surface area contributed by atoms with E-state index in [2.05, 4.69) is 5.32 Å². The topological polar surface area (TPSA) is 38.0 Å². The van der Waals surface area contributed by atoms with Crippen molar-refractivity contribution < 1.29 is 8.78 Å². The highest BCUT2D eigenvalue weighted by atomic mass is 19.3. The highest BCUT2D eigenvalue weighted by Gasteiger charge is 2.36. The highest BCUT2D eigenvalue weighted by Crippen LogP contribution is 2.24. The van der Waals surface area contributed by atoms with Crippen molar-refractivity contribution in [3.8, 4) is 0 Å². The van der Waals surface area contributed by atoms with Crippen molar-refractivity contribution in [1.82, 2.24) is 5.32 Å². The summed E-state index contributed by atoms with van der Waals surface area (Å²) in [5, 5.41) is 2.93. The van der Waals surface area contributed by atoms with Gasteiger partial charge in [0.15, 0.2) is 0 Å². The molecule has 66 valence electrons. The number of hydrogen-bond donors (Lipinski definition) is 2. The molecule has 2 nitrogen and oxygen atoms in total. The van der Waals surface area contributed by atoms with Crippen LogP contribution in [0.2, 0.25) is 0 Å². The minimum absolute atomic E-state index is 0.131. The molecule has 0 aromatic rings. The normalized spacial score (nSPS) is 32.5. The van der Waals surface area contributed by atoms with E-state index in [0.717, 1.165) is 13.0 Å². The molecule has 0 saturated carbocycles. The first-order valence-corrected chi connectivity index (χ1v) is 3.97. The zero-order valence-corrected chi connectivity index (χ0v) is 6.45. The van der Waals surface area contributed by atoms with Crippen LogP contribution in [0, 0.1) is 0 Å². The van der Waals surface area contributed by atoms with Crippen molar-refractivity contribution in [2.45, 2.75) is 31.2 Å². The minimum Gasteiger partial charge on any atom is -0.323 e. The number of nitrogens with two attached hydrogens (primary N) is 1. The van der Waals surface area contributed by atoms with Crippen molar-refractivity contribution in [3.05, 3.63) is 0 Å². The van der Waals surface area contributed by atoms with E-state index < -0.39 is 12.0 Å². The molecule has 0 aliphatic carbocycles. The van der Waals surface area contributed by atoms with Crippen LogP contribution in [0.25, 0.3) is 0 Å². The van der Waals surface area contributed by atoms with Gasteiger partial charge in [-0.2, -0.15) is 0 Å². The van der Waals surface area contributed by atoms with Crippen LogP contribution < -0.4 is 11.1 Å². The molecule has 1 fully saturated rings. The van der Waals surface area contributed by atoms with Gasteiger partial charge in [-0.25, -0.2) is 8.78 Å². The van der Waals surface area contributed by atoms with Gasteiger partial charge in [-0.05, 0) is 19.4 Å². The molecule has 11 heavy (non-hydrogen) atoms. The van der Waals surface area contributed by atoms with Gasteiger partial charge in [-0.3, -0.25) is 0 Å².